The van der Waals surface area contributed by atoms with Gasteiger partial charge in [-0.25, -0.2) is 4.79 Å². The first-order valence-electron chi connectivity index (χ1n) is 7.25. The molecule has 1 fully saturated rings. The summed E-state index contributed by atoms with van der Waals surface area (Å²) in [5, 5.41) is 5.75. The Morgan fingerprint density at radius 1 is 1.33 bits per heavy atom. The average molecular weight is 290 g/mol. The second kappa shape index (κ2) is 6.97. The smallest absolute Gasteiger partial charge is 0.317 e. The second-order valence-corrected chi connectivity index (χ2v) is 5.25. The molecule has 0 radical (unpaired) electrons. The predicted octanol–water partition coefficient (Wildman–Crippen LogP) is 0.731. The van der Waals surface area contributed by atoms with Crippen LogP contribution in [0.2, 0.25) is 0 Å². The third-order valence-electron chi connectivity index (χ3n) is 3.51. The first-order chi connectivity index (χ1) is 10.1. The van der Waals surface area contributed by atoms with E-state index in [1.165, 1.54) is 0 Å². The number of carbonyl (C=O) groups is 2. The van der Waals surface area contributed by atoms with E-state index in [1.807, 2.05) is 19.1 Å². The van der Waals surface area contributed by atoms with Crippen molar-refractivity contribution in [3.8, 4) is 0 Å². The molecule has 2 rings (SSSR count). The molecule has 6 heteroatoms. The minimum Gasteiger partial charge on any atom is -0.399 e. The van der Waals surface area contributed by atoms with Crippen LogP contribution in [-0.2, 0) is 11.2 Å². The van der Waals surface area contributed by atoms with Gasteiger partial charge in [-0.05, 0) is 31.0 Å². The van der Waals surface area contributed by atoms with E-state index in [0.29, 0.717) is 31.7 Å². The van der Waals surface area contributed by atoms with Crippen molar-refractivity contribution in [1.29, 1.82) is 0 Å². The maximum absolute atomic E-state index is 12.0. The molecule has 4 N–H and O–H groups in total. The predicted molar refractivity (Wildman–Crippen MR) is 81.8 cm³/mol. The zero-order chi connectivity index (χ0) is 15.2. The number of amides is 3. The van der Waals surface area contributed by atoms with Crippen LogP contribution < -0.4 is 16.4 Å². The third kappa shape index (κ3) is 4.37. The molecule has 1 atom stereocenters. The van der Waals surface area contributed by atoms with Crippen molar-refractivity contribution in [2.75, 3.05) is 25.4 Å². The highest BCUT2D eigenvalue weighted by atomic mass is 16.2. The maximum atomic E-state index is 12.0. The molecule has 1 aliphatic heterocycles. The Labute approximate surface area is 124 Å². The topological polar surface area (TPSA) is 87.5 Å². The molecule has 0 spiro atoms. The lowest BCUT2D eigenvalue weighted by Crippen LogP contribution is -2.42. The molecule has 21 heavy (non-hydrogen) atoms. The standard InChI is InChI=1S/C15H22N4O2/c1-2-17-15(21)19-8-7-13(10-19)18-14(20)9-11-3-5-12(16)6-4-11/h3-6,13H,2,7-10,16H2,1H3,(H,17,21)(H,18,20). The minimum absolute atomic E-state index is 0.0254. The van der Waals surface area contributed by atoms with Gasteiger partial charge in [-0.2, -0.15) is 0 Å². The van der Waals surface area contributed by atoms with E-state index < -0.39 is 0 Å². The SMILES string of the molecule is CCNC(=O)N1CCC(NC(=O)Cc2ccc(N)cc2)C1. The van der Waals surface area contributed by atoms with Gasteiger partial charge in [0.15, 0.2) is 0 Å². The molecule has 1 aromatic carbocycles. The Kier molecular flexibility index (Phi) is 5.03. The highest BCUT2D eigenvalue weighted by Gasteiger charge is 2.26. The van der Waals surface area contributed by atoms with E-state index >= 15 is 0 Å². The fourth-order valence-corrected chi connectivity index (χ4v) is 2.43. The van der Waals surface area contributed by atoms with Crippen molar-refractivity contribution >= 4 is 17.6 Å². The monoisotopic (exact) mass is 290 g/mol. The van der Waals surface area contributed by atoms with Crippen LogP contribution in [0, 0.1) is 0 Å². The van der Waals surface area contributed by atoms with Gasteiger partial charge in [-0.1, -0.05) is 12.1 Å². The van der Waals surface area contributed by atoms with Crippen molar-refractivity contribution in [3.63, 3.8) is 0 Å². The van der Waals surface area contributed by atoms with Crippen molar-refractivity contribution < 1.29 is 9.59 Å². The van der Waals surface area contributed by atoms with Crippen molar-refractivity contribution in [2.45, 2.75) is 25.8 Å². The van der Waals surface area contributed by atoms with Crippen LogP contribution >= 0.6 is 0 Å². The van der Waals surface area contributed by atoms with Gasteiger partial charge in [-0.15, -0.1) is 0 Å². The fraction of sp³-hybridized carbons (Fsp3) is 0.467. The summed E-state index contributed by atoms with van der Waals surface area (Å²) in [6, 6.07) is 7.25. The molecule has 0 aromatic heterocycles. The summed E-state index contributed by atoms with van der Waals surface area (Å²) >= 11 is 0. The average Bonchev–Trinajstić information content (AvgIpc) is 2.90. The van der Waals surface area contributed by atoms with Gasteiger partial charge in [0.1, 0.15) is 0 Å². The number of hydrogen-bond donors (Lipinski definition) is 3. The Bertz CT molecular complexity index is 501. The normalized spacial score (nSPS) is 17.6. The van der Waals surface area contributed by atoms with E-state index in [1.54, 1.807) is 17.0 Å². The van der Waals surface area contributed by atoms with Crippen LogP contribution in [0.4, 0.5) is 10.5 Å². The first-order valence-corrected chi connectivity index (χ1v) is 7.25. The van der Waals surface area contributed by atoms with Crippen LogP contribution in [0.15, 0.2) is 24.3 Å². The lowest BCUT2D eigenvalue weighted by molar-refractivity contribution is -0.121. The molecular formula is C15H22N4O2. The van der Waals surface area contributed by atoms with Crippen LogP contribution in [0.1, 0.15) is 18.9 Å². The molecule has 1 saturated heterocycles. The van der Waals surface area contributed by atoms with E-state index in [-0.39, 0.29) is 18.0 Å². The molecular weight excluding hydrogens is 268 g/mol. The molecule has 114 valence electrons. The number of nitrogens with zero attached hydrogens (tertiary/aromatic N) is 1. The molecule has 0 saturated carbocycles. The summed E-state index contributed by atoms with van der Waals surface area (Å²) in [6.45, 7) is 3.75. The highest BCUT2D eigenvalue weighted by molar-refractivity contribution is 5.79. The Morgan fingerprint density at radius 2 is 2.05 bits per heavy atom. The second-order valence-electron chi connectivity index (χ2n) is 5.25. The quantitative estimate of drug-likeness (QED) is 0.714. The van der Waals surface area contributed by atoms with Gasteiger partial charge < -0.3 is 21.3 Å². The number of carbonyl (C=O) groups excluding carboxylic acids is 2. The number of likely N-dealkylation sites (tertiary alicyclic amines) is 1. The third-order valence-corrected chi connectivity index (χ3v) is 3.51. The van der Waals surface area contributed by atoms with Crippen LogP contribution in [0.3, 0.4) is 0 Å². The number of anilines is 1. The van der Waals surface area contributed by atoms with Gasteiger partial charge in [0.2, 0.25) is 5.91 Å². The number of urea groups is 1. The molecule has 1 unspecified atom stereocenters. The number of rotatable bonds is 4. The van der Waals surface area contributed by atoms with Gasteiger partial charge in [0, 0.05) is 31.4 Å². The van der Waals surface area contributed by atoms with E-state index in [4.69, 9.17) is 5.73 Å². The number of nitrogen functional groups attached to an aromatic ring is 1. The molecule has 0 aliphatic carbocycles. The Balaban J connectivity index is 1.78. The summed E-state index contributed by atoms with van der Waals surface area (Å²) in [6.07, 6.45) is 1.13. The number of hydrogen-bond acceptors (Lipinski definition) is 3. The molecule has 1 aliphatic rings. The van der Waals surface area contributed by atoms with Crippen LogP contribution in [0.25, 0.3) is 0 Å². The molecule has 1 heterocycles. The maximum Gasteiger partial charge on any atom is 0.317 e. The fourth-order valence-electron chi connectivity index (χ4n) is 2.43. The molecule has 6 nitrogen and oxygen atoms in total. The summed E-state index contributed by atoms with van der Waals surface area (Å²) in [5.41, 5.74) is 7.23. The Morgan fingerprint density at radius 3 is 2.71 bits per heavy atom. The van der Waals surface area contributed by atoms with Gasteiger partial charge in [-0.3, -0.25) is 4.79 Å². The highest BCUT2D eigenvalue weighted by Crippen LogP contribution is 2.10. The number of benzene rings is 1. The summed E-state index contributed by atoms with van der Waals surface area (Å²) in [7, 11) is 0. The first kappa shape index (κ1) is 15.2. The minimum atomic E-state index is -0.0622. The van der Waals surface area contributed by atoms with Crippen LogP contribution in [-0.4, -0.2) is 42.5 Å². The van der Waals surface area contributed by atoms with Crippen molar-refractivity contribution in [2.24, 2.45) is 0 Å². The zero-order valence-corrected chi connectivity index (χ0v) is 12.3. The summed E-state index contributed by atoms with van der Waals surface area (Å²) < 4.78 is 0. The van der Waals surface area contributed by atoms with Crippen molar-refractivity contribution in [1.82, 2.24) is 15.5 Å². The van der Waals surface area contributed by atoms with E-state index in [0.717, 1.165) is 12.0 Å². The van der Waals surface area contributed by atoms with Gasteiger partial charge >= 0.3 is 6.03 Å². The summed E-state index contributed by atoms with van der Waals surface area (Å²) in [4.78, 5) is 25.4. The van der Waals surface area contributed by atoms with E-state index in [9.17, 15) is 9.59 Å². The molecule has 0 bridgehead atoms. The molecule has 1 aromatic rings. The van der Waals surface area contributed by atoms with Gasteiger partial charge in [0.25, 0.3) is 0 Å². The number of nitrogens with two attached hydrogens (primary N) is 1. The van der Waals surface area contributed by atoms with E-state index in [2.05, 4.69) is 10.6 Å². The summed E-state index contributed by atoms with van der Waals surface area (Å²) in [5.74, 6) is -0.0254. The van der Waals surface area contributed by atoms with Gasteiger partial charge in [0.05, 0.1) is 6.42 Å². The lowest BCUT2D eigenvalue weighted by atomic mass is 10.1. The Hall–Kier alpha value is -2.24. The van der Waals surface area contributed by atoms with Crippen LogP contribution in [0.5, 0.6) is 0 Å². The largest absolute Gasteiger partial charge is 0.399 e. The zero-order valence-electron chi connectivity index (χ0n) is 12.3. The molecule has 3 amide bonds. The number of nitrogens with one attached hydrogen (secondary N) is 2. The van der Waals surface area contributed by atoms with Crippen molar-refractivity contribution in [3.05, 3.63) is 29.8 Å². The lowest BCUT2D eigenvalue weighted by Gasteiger charge is -2.17.